The van der Waals surface area contributed by atoms with E-state index in [2.05, 4.69) is 10.1 Å². The highest BCUT2D eigenvalue weighted by Crippen LogP contribution is 2.24. The largest absolute Gasteiger partial charge is 0.306 e. The number of para-hydroxylation sites is 1. The van der Waals surface area contributed by atoms with Crippen molar-refractivity contribution in [1.29, 1.82) is 0 Å². The normalized spacial score (nSPS) is 10.8. The molecule has 0 atom stereocenters. The molecule has 5 nitrogen and oxygen atoms in total. The summed E-state index contributed by atoms with van der Waals surface area (Å²) in [5.41, 5.74) is 0.0876. The van der Waals surface area contributed by atoms with Gasteiger partial charge in [0.05, 0.1) is 6.20 Å². The molecule has 0 N–H and O–H groups in total. The number of carbonyl (C=O) groups excluding carboxylic acids is 1. The quantitative estimate of drug-likeness (QED) is 0.727. The van der Waals surface area contributed by atoms with Crippen LogP contribution in [0.5, 0.6) is 0 Å². The van der Waals surface area contributed by atoms with Crippen LogP contribution in [-0.2, 0) is 0 Å². The molecule has 3 rings (SSSR count). The first-order valence-corrected chi connectivity index (χ1v) is 6.10. The summed E-state index contributed by atoms with van der Waals surface area (Å²) in [6, 6.07) is 5.09. The first-order chi connectivity index (χ1) is 10.1. The molecule has 0 spiro atoms. The zero-order chi connectivity index (χ0) is 15.0. The van der Waals surface area contributed by atoms with E-state index in [-0.39, 0.29) is 5.56 Å². The maximum absolute atomic E-state index is 13.7. The van der Waals surface area contributed by atoms with Gasteiger partial charge in [0.25, 0.3) is 5.91 Å². The summed E-state index contributed by atoms with van der Waals surface area (Å²) < 4.78 is 28.9. The molecule has 1 amide bonds. The molecule has 2 aromatic heterocycles. The molecule has 21 heavy (non-hydrogen) atoms. The summed E-state index contributed by atoms with van der Waals surface area (Å²) in [4.78, 5) is 17.4. The van der Waals surface area contributed by atoms with Crippen LogP contribution in [0.3, 0.4) is 0 Å². The number of fused-ring (bicyclic) bond motifs is 1. The monoisotopic (exact) mass is 288 g/mol. The lowest BCUT2D eigenvalue weighted by Crippen LogP contribution is -2.28. The summed E-state index contributed by atoms with van der Waals surface area (Å²) in [5.74, 6) is -2.21. The number of aromatic nitrogens is 3. The number of hydrogen-bond acceptors (Lipinski definition) is 3. The van der Waals surface area contributed by atoms with E-state index in [9.17, 15) is 13.6 Å². The molecular formula is C14H10F2N4O. The van der Waals surface area contributed by atoms with Gasteiger partial charge >= 0.3 is 0 Å². The Balaban J connectivity index is 2.06. The molecule has 0 saturated carbocycles. The zero-order valence-electron chi connectivity index (χ0n) is 11.0. The second-order valence-corrected chi connectivity index (χ2v) is 4.38. The van der Waals surface area contributed by atoms with Crippen molar-refractivity contribution in [1.82, 2.24) is 14.6 Å². The third kappa shape index (κ3) is 2.12. The standard InChI is InChI=1S/C14H10F2N4O/c1-19(12-10(15)4-2-5-11(12)16)14(21)9-8-18-20-7-3-6-17-13(9)20/h2-8H,1H3. The van der Waals surface area contributed by atoms with Crippen LogP contribution >= 0.6 is 0 Å². The van der Waals surface area contributed by atoms with Gasteiger partial charge in [-0.05, 0) is 18.2 Å². The Bertz CT molecular complexity index is 810. The summed E-state index contributed by atoms with van der Waals surface area (Å²) in [6.45, 7) is 0. The minimum Gasteiger partial charge on any atom is -0.306 e. The van der Waals surface area contributed by atoms with Gasteiger partial charge in [0.1, 0.15) is 22.9 Å². The third-order valence-corrected chi connectivity index (χ3v) is 3.09. The molecule has 0 aliphatic heterocycles. The molecule has 0 saturated heterocycles. The van der Waals surface area contributed by atoms with E-state index in [1.807, 2.05) is 0 Å². The van der Waals surface area contributed by atoms with Crippen molar-refractivity contribution in [2.24, 2.45) is 0 Å². The molecule has 1 aromatic carbocycles. The summed E-state index contributed by atoms with van der Waals surface area (Å²) in [7, 11) is 1.30. The van der Waals surface area contributed by atoms with Gasteiger partial charge in [0, 0.05) is 19.4 Å². The Labute approximate surface area is 118 Å². The minimum absolute atomic E-state index is 0.167. The smallest absolute Gasteiger partial charge is 0.263 e. The van der Waals surface area contributed by atoms with E-state index in [0.29, 0.717) is 5.65 Å². The van der Waals surface area contributed by atoms with Gasteiger partial charge in [-0.1, -0.05) is 6.07 Å². The van der Waals surface area contributed by atoms with Crippen molar-refractivity contribution < 1.29 is 13.6 Å². The Morgan fingerprint density at radius 2 is 1.95 bits per heavy atom. The lowest BCUT2D eigenvalue weighted by Gasteiger charge is -2.17. The van der Waals surface area contributed by atoms with Gasteiger partial charge in [-0.25, -0.2) is 18.3 Å². The number of hydrogen-bond donors (Lipinski definition) is 0. The highest BCUT2D eigenvalue weighted by molar-refractivity contribution is 6.09. The minimum atomic E-state index is -0.810. The summed E-state index contributed by atoms with van der Waals surface area (Å²) >= 11 is 0. The summed E-state index contributed by atoms with van der Waals surface area (Å²) in [6.07, 6.45) is 4.46. The molecule has 0 unspecified atom stereocenters. The highest BCUT2D eigenvalue weighted by atomic mass is 19.1. The molecule has 0 bridgehead atoms. The molecule has 7 heteroatoms. The molecule has 2 heterocycles. The van der Waals surface area contributed by atoms with Crippen LogP contribution in [0.1, 0.15) is 10.4 Å². The van der Waals surface area contributed by atoms with E-state index in [1.54, 1.807) is 12.3 Å². The Morgan fingerprint density at radius 3 is 2.67 bits per heavy atom. The summed E-state index contributed by atoms with van der Waals surface area (Å²) in [5, 5.41) is 3.98. The molecule has 3 aromatic rings. The van der Waals surface area contributed by atoms with E-state index >= 15 is 0 Å². The van der Waals surface area contributed by atoms with Crippen LogP contribution in [0.4, 0.5) is 14.5 Å². The Morgan fingerprint density at radius 1 is 1.24 bits per heavy atom. The van der Waals surface area contributed by atoms with Gasteiger partial charge in [0.2, 0.25) is 0 Å². The van der Waals surface area contributed by atoms with Crippen LogP contribution in [0.2, 0.25) is 0 Å². The van der Waals surface area contributed by atoms with Crippen LogP contribution in [0.15, 0.2) is 42.9 Å². The van der Waals surface area contributed by atoms with Gasteiger partial charge in [-0.3, -0.25) is 4.79 Å². The molecule has 0 radical (unpaired) electrons. The molecule has 0 fully saturated rings. The molecule has 106 valence electrons. The predicted octanol–water partition coefficient (Wildman–Crippen LogP) is 2.28. The fraction of sp³-hybridized carbons (Fsp3) is 0.0714. The Kier molecular flexibility index (Phi) is 3.09. The lowest BCUT2D eigenvalue weighted by molar-refractivity contribution is 0.0992. The molecule has 0 aliphatic rings. The number of benzene rings is 1. The van der Waals surface area contributed by atoms with E-state index in [1.165, 1.54) is 30.0 Å². The average molecular weight is 288 g/mol. The topological polar surface area (TPSA) is 50.5 Å². The van der Waals surface area contributed by atoms with Crippen molar-refractivity contribution in [3.63, 3.8) is 0 Å². The fourth-order valence-electron chi connectivity index (χ4n) is 2.07. The van der Waals surface area contributed by atoms with Crippen LogP contribution in [0.25, 0.3) is 5.65 Å². The van der Waals surface area contributed by atoms with Crippen LogP contribution in [0, 0.1) is 11.6 Å². The SMILES string of the molecule is CN(C(=O)c1cnn2cccnc12)c1c(F)cccc1F. The Hall–Kier alpha value is -2.83. The second-order valence-electron chi connectivity index (χ2n) is 4.38. The third-order valence-electron chi connectivity index (χ3n) is 3.09. The highest BCUT2D eigenvalue weighted by Gasteiger charge is 2.23. The van der Waals surface area contributed by atoms with Crippen molar-refractivity contribution in [3.05, 3.63) is 60.1 Å². The maximum atomic E-state index is 13.7. The van der Waals surface area contributed by atoms with Crippen LogP contribution in [-0.4, -0.2) is 27.6 Å². The van der Waals surface area contributed by atoms with Gasteiger partial charge in [-0.15, -0.1) is 0 Å². The number of amides is 1. The van der Waals surface area contributed by atoms with Crippen LogP contribution < -0.4 is 4.90 Å². The van der Waals surface area contributed by atoms with Gasteiger partial charge in [-0.2, -0.15) is 5.10 Å². The molecular weight excluding hydrogens is 278 g/mol. The van der Waals surface area contributed by atoms with Crippen molar-refractivity contribution >= 4 is 17.2 Å². The van der Waals surface area contributed by atoms with E-state index < -0.39 is 23.2 Å². The van der Waals surface area contributed by atoms with Crippen molar-refractivity contribution in [2.45, 2.75) is 0 Å². The lowest BCUT2D eigenvalue weighted by atomic mass is 10.2. The first kappa shape index (κ1) is 13.2. The second kappa shape index (κ2) is 4.93. The average Bonchev–Trinajstić information content (AvgIpc) is 2.90. The van der Waals surface area contributed by atoms with E-state index in [4.69, 9.17) is 0 Å². The van der Waals surface area contributed by atoms with E-state index in [0.717, 1.165) is 17.0 Å². The van der Waals surface area contributed by atoms with Crippen molar-refractivity contribution in [3.8, 4) is 0 Å². The van der Waals surface area contributed by atoms with Gasteiger partial charge in [0.15, 0.2) is 5.65 Å². The number of anilines is 1. The first-order valence-electron chi connectivity index (χ1n) is 6.10. The van der Waals surface area contributed by atoms with Crippen molar-refractivity contribution in [2.75, 3.05) is 11.9 Å². The number of halogens is 2. The predicted molar refractivity (Wildman–Crippen MR) is 72.1 cm³/mol. The number of nitrogens with zero attached hydrogens (tertiary/aromatic N) is 4. The number of rotatable bonds is 2. The fourth-order valence-corrected chi connectivity index (χ4v) is 2.07. The maximum Gasteiger partial charge on any atom is 0.263 e. The molecule has 0 aliphatic carbocycles. The van der Waals surface area contributed by atoms with Gasteiger partial charge < -0.3 is 4.90 Å². The number of carbonyl (C=O) groups is 1. The zero-order valence-corrected chi connectivity index (χ0v) is 11.0.